The van der Waals surface area contributed by atoms with Crippen LogP contribution in [0.3, 0.4) is 0 Å². The van der Waals surface area contributed by atoms with Gasteiger partial charge in [0, 0.05) is 24.5 Å². The number of carbonyl (C=O) groups excluding carboxylic acids is 1. The monoisotopic (exact) mass is 393 g/mol. The highest BCUT2D eigenvalue weighted by atomic mass is 16.5. The number of methoxy groups -OCH3 is 1. The van der Waals surface area contributed by atoms with Crippen molar-refractivity contribution in [3.8, 4) is 5.75 Å². The second kappa shape index (κ2) is 9.54. The van der Waals surface area contributed by atoms with Gasteiger partial charge in [-0.15, -0.1) is 0 Å². The number of carbonyl (C=O) groups is 1. The summed E-state index contributed by atoms with van der Waals surface area (Å²) in [5, 5.41) is 2.77. The Kier molecular flexibility index (Phi) is 6.63. The van der Waals surface area contributed by atoms with Crippen LogP contribution in [-0.2, 0) is 24.3 Å². The summed E-state index contributed by atoms with van der Waals surface area (Å²) in [6.07, 6.45) is 3.66. The fourth-order valence-corrected chi connectivity index (χ4v) is 3.01. The highest BCUT2D eigenvalue weighted by Crippen LogP contribution is 2.17. The molecule has 2 aromatic carbocycles. The van der Waals surface area contributed by atoms with Gasteiger partial charge >= 0.3 is 11.1 Å². The lowest BCUT2D eigenvalue weighted by Gasteiger charge is -2.11. The quantitative estimate of drug-likeness (QED) is 0.587. The number of hydrogen-bond donors (Lipinski definition) is 1. The molecule has 150 valence electrons. The highest BCUT2D eigenvalue weighted by Gasteiger charge is 2.10. The molecule has 0 saturated heterocycles. The summed E-state index contributed by atoms with van der Waals surface area (Å²) < 4.78 is 7.72. The van der Waals surface area contributed by atoms with Crippen LogP contribution in [0.2, 0.25) is 0 Å². The molecule has 0 bridgehead atoms. The van der Waals surface area contributed by atoms with Crippen molar-refractivity contribution >= 4 is 5.91 Å². The Labute approximate surface area is 168 Å². The van der Waals surface area contributed by atoms with Crippen LogP contribution in [0.1, 0.15) is 11.1 Å². The van der Waals surface area contributed by atoms with Crippen molar-refractivity contribution in [2.45, 2.75) is 19.5 Å². The zero-order valence-electron chi connectivity index (χ0n) is 16.2. The first-order valence-corrected chi connectivity index (χ1v) is 9.31. The topological polar surface area (TPSA) is 82.3 Å². The second-order valence-corrected chi connectivity index (χ2v) is 6.56. The number of amides is 1. The Morgan fingerprint density at radius 3 is 2.34 bits per heavy atom. The van der Waals surface area contributed by atoms with Crippen molar-refractivity contribution in [3.63, 3.8) is 0 Å². The van der Waals surface area contributed by atoms with E-state index in [1.165, 1.54) is 17.0 Å². The molecular formula is C22H23N3O4. The summed E-state index contributed by atoms with van der Waals surface area (Å²) in [4.78, 5) is 36.9. The summed E-state index contributed by atoms with van der Waals surface area (Å²) in [6.45, 7) is 0.475. The third-order valence-corrected chi connectivity index (χ3v) is 4.56. The first-order chi connectivity index (χ1) is 14.1. The third-order valence-electron chi connectivity index (χ3n) is 4.56. The van der Waals surface area contributed by atoms with Crippen LogP contribution in [0.15, 0.2) is 76.6 Å². The number of para-hydroxylation sites is 1. The van der Waals surface area contributed by atoms with E-state index in [0.29, 0.717) is 18.7 Å². The molecule has 0 aliphatic heterocycles. The van der Waals surface area contributed by atoms with Gasteiger partial charge in [0.15, 0.2) is 0 Å². The molecule has 0 aliphatic rings. The largest absolute Gasteiger partial charge is 0.496 e. The molecule has 1 aromatic heterocycles. The Hall–Kier alpha value is -3.61. The minimum Gasteiger partial charge on any atom is -0.496 e. The van der Waals surface area contributed by atoms with E-state index < -0.39 is 11.1 Å². The fraction of sp³-hybridized carbons (Fsp3) is 0.227. The molecule has 0 spiro atoms. The zero-order valence-corrected chi connectivity index (χ0v) is 16.2. The third kappa shape index (κ3) is 5.22. The van der Waals surface area contributed by atoms with Crippen LogP contribution in [0.5, 0.6) is 5.75 Å². The van der Waals surface area contributed by atoms with Crippen LogP contribution in [0.4, 0.5) is 0 Å². The van der Waals surface area contributed by atoms with Crippen molar-refractivity contribution in [1.29, 1.82) is 0 Å². The van der Waals surface area contributed by atoms with Gasteiger partial charge in [0.25, 0.3) is 0 Å². The molecule has 0 fully saturated rings. The van der Waals surface area contributed by atoms with Crippen molar-refractivity contribution in [3.05, 3.63) is 98.8 Å². The Morgan fingerprint density at radius 1 is 0.931 bits per heavy atom. The zero-order chi connectivity index (χ0) is 20.6. The molecule has 7 nitrogen and oxygen atoms in total. The van der Waals surface area contributed by atoms with E-state index in [0.717, 1.165) is 15.7 Å². The molecular weight excluding hydrogens is 370 g/mol. The summed E-state index contributed by atoms with van der Waals surface area (Å²) in [7, 11) is 1.55. The van der Waals surface area contributed by atoms with Gasteiger partial charge in [-0.25, -0.2) is 0 Å². The molecule has 0 saturated carbocycles. The Morgan fingerprint density at radius 2 is 1.59 bits per heavy atom. The normalized spacial score (nSPS) is 10.5. The first kappa shape index (κ1) is 20.1. The molecule has 1 amide bonds. The average Bonchev–Trinajstić information content (AvgIpc) is 2.74. The smallest absolute Gasteiger partial charge is 0.316 e. The van der Waals surface area contributed by atoms with Gasteiger partial charge in [0.05, 0.1) is 13.7 Å². The predicted molar refractivity (Wildman–Crippen MR) is 110 cm³/mol. The average molecular weight is 393 g/mol. The summed E-state index contributed by atoms with van der Waals surface area (Å²) >= 11 is 0. The predicted octanol–water partition coefficient (Wildman–Crippen LogP) is 1.43. The maximum atomic E-state index is 12.4. The summed E-state index contributed by atoms with van der Waals surface area (Å²) in [5.74, 6) is 0.325. The van der Waals surface area contributed by atoms with Crippen molar-refractivity contribution in [2.75, 3.05) is 13.7 Å². The van der Waals surface area contributed by atoms with Gasteiger partial charge in [-0.2, -0.15) is 0 Å². The fourth-order valence-electron chi connectivity index (χ4n) is 3.01. The molecule has 0 aliphatic carbocycles. The molecule has 3 rings (SSSR count). The number of nitrogens with zero attached hydrogens (tertiary/aromatic N) is 2. The van der Waals surface area contributed by atoms with Crippen molar-refractivity contribution < 1.29 is 9.53 Å². The summed E-state index contributed by atoms with van der Waals surface area (Å²) in [5.41, 5.74) is 0.480. The molecule has 0 unspecified atom stereocenters. The molecule has 3 aromatic rings. The number of hydrogen-bond acceptors (Lipinski definition) is 4. The van der Waals surface area contributed by atoms with Gasteiger partial charge in [-0.3, -0.25) is 19.0 Å². The number of ether oxygens (including phenoxy) is 1. The lowest BCUT2D eigenvalue weighted by molar-refractivity contribution is -0.121. The molecule has 1 N–H and O–H groups in total. The van der Waals surface area contributed by atoms with Crippen LogP contribution in [0.25, 0.3) is 0 Å². The van der Waals surface area contributed by atoms with E-state index >= 15 is 0 Å². The SMILES string of the molecule is COc1ccccc1Cn1ccn(CC(=O)NCCc2ccccc2)c(=O)c1=O. The standard InChI is InChI=1S/C22H23N3O4/c1-29-19-10-6-5-9-18(19)15-24-13-14-25(22(28)21(24)27)16-20(26)23-12-11-17-7-3-2-4-8-17/h2-10,13-14H,11-12,15-16H2,1H3,(H,23,26). The molecule has 0 atom stereocenters. The van der Waals surface area contributed by atoms with E-state index in [9.17, 15) is 14.4 Å². The van der Waals surface area contributed by atoms with E-state index in [4.69, 9.17) is 4.74 Å². The lowest BCUT2D eigenvalue weighted by atomic mass is 10.1. The lowest BCUT2D eigenvalue weighted by Crippen LogP contribution is -2.43. The van der Waals surface area contributed by atoms with E-state index in [1.54, 1.807) is 13.2 Å². The number of benzene rings is 2. The summed E-state index contributed by atoms with van der Waals surface area (Å²) in [6, 6.07) is 17.1. The molecule has 1 heterocycles. The first-order valence-electron chi connectivity index (χ1n) is 9.31. The van der Waals surface area contributed by atoms with Gasteiger partial charge in [-0.1, -0.05) is 48.5 Å². The number of rotatable bonds is 8. The minimum absolute atomic E-state index is 0.196. The van der Waals surface area contributed by atoms with Gasteiger partial charge < -0.3 is 14.6 Å². The maximum absolute atomic E-state index is 12.4. The van der Waals surface area contributed by atoms with Crippen molar-refractivity contribution in [2.24, 2.45) is 0 Å². The van der Waals surface area contributed by atoms with E-state index in [1.807, 2.05) is 48.5 Å². The van der Waals surface area contributed by atoms with Crippen LogP contribution >= 0.6 is 0 Å². The number of aromatic nitrogens is 2. The van der Waals surface area contributed by atoms with Crippen LogP contribution in [-0.4, -0.2) is 28.7 Å². The Balaban J connectivity index is 1.64. The highest BCUT2D eigenvalue weighted by molar-refractivity contribution is 5.75. The maximum Gasteiger partial charge on any atom is 0.316 e. The van der Waals surface area contributed by atoms with E-state index in [2.05, 4.69) is 5.32 Å². The number of nitrogens with one attached hydrogen (secondary N) is 1. The Bertz CT molecular complexity index is 1090. The minimum atomic E-state index is -0.736. The molecule has 29 heavy (non-hydrogen) atoms. The van der Waals surface area contributed by atoms with Gasteiger partial charge in [-0.05, 0) is 18.1 Å². The molecule has 7 heteroatoms. The van der Waals surface area contributed by atoms with Crippen molar-refractivity contribution in [1.82, 2.24) is 14.5 Å². The van der Waals surface area contributed by atoms with E-state index in [-0.39, 0.29) is 19.0 Å². The van der Waals surface area contributed by atoms with Gasteiger partial charge in [0.1, 0.15) is 12.3 Å². The van der Waals surface area contributed by atoms with Crippen LogP contribution in [0, 0.1) is 0 Å². The molecule has 0 radical (unpaired) electrons. The second-order valence-electron chi connectivity index (χ2n) is 6.56. The van der Waals surface area contributed by atoms with Gasteiger partial charge in [0.2, 0.25) is 5.91 Å². The van der Waals surface area contributed by atoms with Crippen LogP contribution < -0.4 is 21.2 Å².